The van der Waals surface area contributed by atoms with Crippen LogP contribution in [0.4, 0.5) is 0 Å². The number of phenols is 4. The van der Waals surface area contributed by atoms with E-state index in [1.807, 2.05) is 12.1 Å². The number of aromatic hydroxyl groups is 4. The highest BCUT2D eigenvalue weighted by molar-refractivity contribution is 6.10. The molecule has 0 bridgehead atoms. The Balaban J connectivity index is 0.725. The number of carbonyl (C=O) groups is 2. The van der Waals surface area contributed by atoms with E-state index in [1.165, 1.54) is 12.1 Å². The van der Waals surface area contributed by atoms with Gasteiger partial charge in [0.25, 0.3) is 0 Å². The van der Waals surface area contributed by atoms with Crippen molar-refractivity contribution in [3.63, 3.8) is 0 Å². The lowest BCUT2D eigenvalue weighted by Crippen LogP contribution is -2.30. The van der Waals surface area contributed by atoms with Crippen molar-refractivity contribution in [3.05, 3.63) is 58.7 Å². The number of ether oxygens (including phenoxy) is 8. The van der Waals surface area contributed by atoms with E-state index in [9.17, 15) is 30.0 Å². The minimum Gasteiger partial charge on any atom is -0.507 e. The molecule has 0 saturated carbocycles. The van der Waals surface area contributed by atoms with Gasteiger partial charge in [-0.2, -0.15) is 0 Å². The second kappa shape index (κ2) is 29.9. The maximum absolute atomic E-state index is 13.5. The maximum Gasteiger partial charge on any atom is 0.170 e. The van der Waals surface area contributed by atoms with Crippen molar-refractivity contribution in [2.45, 2.75) is 118 Å². The number of hydrogen-bond donors (Lipinski definition) is 4. The lowest BCUT2D eigenvalue weighted by molar-refractivity contribution is 0.00307. The standard InChI is InChI=1S/C58H82O14/c1-5-7-9-11-15-47-39(3)31-41-33-43-35-45(37-49(59)51(43)57(63)53(41)55(47)61)71-29-27-69-25-23-67-21-19-65-17-13-14-18-66-20-22-68-24-26-70-28-30-72-46-36-44-34-42-32-40(4)48(16-12-10-8-6-2)56(62)54(42)58(64)52(44)50(60)38-46/h33-40,47-48,59-60,63-64H,5-32H2,1-4H3/t39-,40-,47+,48+/m1/s1. The van der Waals surface area contributed by atoms with Gasteiger partial charge in [0, 0.05) is 37.2 Å². The summed E-state index contributed by atoms with van der Waals surface area (Å²) in [5, 5.41) is 46.0. The van der Waals surface area contributed by atoms with Gasteiger partial charge in [-0.05, 0) is 96.5 Å². The molecular formula is C58H82O14. The molecule has 0 radical (unpaired) electrons. The predicted molar refractivity (Wildman–Crippen MR) is 279 cm³/mol. The van der Waals surface area contributed by atoms with Crippen LogP contribution in [0.1, 0.15) is 137 Å². The fourth-order valence-electron chi connectivity index (χ4n) is 10.3. The fraction of sp³-hybridized carbons (Fsp3) is 0.621. The van der Waals surface area contributed by atoms with Crippen LogP contribution in [0.3, 0.4) is 0 Å². The van der Waals surface area contributed by atoms with Crippen LogP contribution in [-0.2, 0) is 41.3 Å². The van der Waals surface area contributed by atoms with Crippen LogP contribution >= 0.6 is 0 Å². The zero-order valence-corrected chi connectivity index (χ0v) is 43.4. The van der Waals surface area contributed by atoms with Crippen LogP contribution in [-0.4, -0.2) is 124 Å². The van der Waals surface area contributed by atoms with Crippen molar-refractivity contribution in [3.8, 4) is 34.5 Å². The molecule has 0 spiro atoms. The van der Waals surface area contributed by atoms with Crippen LogP contribution in [0.15, 0.2) is 36.4 Å². The zero-order chi connectivity index (χ0) is 51.2. The van der Waals surface area contributed by atoms with Crippen LogP contribution in [0.25, 0.3) is 21.5 Å². The molecule has 6 rings (SSSR count). The van der Waals surface area contributed by atoms with Gasteiger partial charge in [0.1, 0.15) is 47.7 Å². The van der Waals surface area contributed by atoms with Crippen molar-refractivity contribution < 1.29 is 67.9 Å². The highest BCUT2D eigenvalue weighted by Gasteiger charge is 2.37. The van der Waals surface area contributed by atoms with Crippen molar-refractivity contribution in [1.29, 1.82) is 0 Å². The highest BCUT2D eigenvalue weighted by Crippen LogP contribution is 2.47. The van der Waals surface area contributed by atoms with Gasteiger partial charge in [-0.3, -0.25) is 9.59 Å². The molecule has 72 heavy (non-hydrogen) atoms. The van der Waals surface area contributed by atoms with Gasteiger partial charge < -0.3 is 58.3 Å². The van der Waals surface area contributed by atoms with E-state index in [1.54, 1.807) is 12.1 Å². The number of Topliss-reactive ketones (excluding diaryl/α,β-unsaturated/α-hetero) is 2. The molecule has 2 aliphatic carbocycles. The SMILES string of the molecule is CCCCCC[C@@H]1C(=O)c2c(cc3cc(OCCOCCOCCOCCCCOCCOCCOCCOc4cc(O)c5c(O)c6c(cc5c4)C[C@@H](C)[C@H](CCCCCC)C6=O)cc(O)c3c2O)C[C@H]1C. The average Bonchev–Trinajstić information content (AvgIpc) is 3.34. The van der Waals surface area contributed by atoms with Gasteiger partial charge in [0.2, 0.25) is 0 Å². The van der Waals surface area contributed by atoms with Gasteiger partial charge in [0.05, 0.1) is 88.0 Å². The van der Waals surface area contributed by atoms with Crippen LogP contribution in [0.5, 0.6) is 34.5 Å². The number of fused-ring (bicyclic) bond motifs is 4. The monoisotopic (exact) mass is 1000 g/mol. The molecule has 0 fully saturated rings. The molecule has 0 heterocycles. The van der Waals surface area contributed by atoms with Crippen molar-refractivity contribution >= 4 is 33.1 Å². The zero-order valence-electron chi connectivity index (χ0n) is 43.4. The third kappa shape index (κ3) is 15.9. The molecule has 0 amide bonds. The first-order valence-corrected chi connectivity index (χ1v) is 26.9. The summed E-state index contributed by atoms with van der Waals surface area (Å²) in [6.45, 7) is 14.6. The van der Waals surface area contributed by atoms with Gasteiger partial charge in [0.15, 0.2) is 11.6 Å². The number of hydrogen-bond acceptors (Lipinski definition) is 14. The molecule has 0 saturated heterocycles. The second-order valence-electron chi connectivity index (χ2n) is 19.7. The summed E-state index contributed by atoms with van der Waals surface area (Å²) in [4.78, 5) is 27.0. The third-order valence-electron chi connectivity index (χ3n) is 14.2. The Hall–Kier alpha value is -4.70. The molecule has 2 aliphatic rings. The first-order chi connectivity index (χ1) is 35.0. The minimum absolute atomic E-state index is 0.0192. The molecule has 0 unspecified atom stereocenters. The Morgan fingerprint density at radius 2 is 0.778 bits per heavy atom. The van der Waals surface area contributed by atoms with Gasteiger partial charge in [-0.15, -0.1) is 0 Å². The minimum atomic E-state index is -0.136. The van der Waals surface area contributed by atoms with Gasteiger partial charge in [-0.1, -0.05) is 79.1 Å². The Labute approximate surface area is 426 Å². The molecule has 0 aromatic heterocycles. The highest BCUT2D eigenvalue weighted by atomic mass is 16.6. The van der Waals surface area contributed by atoms with Crippen molar-refractivity contribution in [1.82, 2.24) is 0 Å². The third-order valence-corrected chi connectivity index (χ3v) is 14.2. The van der Waals surface area contributed by atoms with E-state index in [0.29, 0.717) is 126 Å². The number of unbranched alkanes of at least 4 members (excludes halogenated alkanes) is 7. The molecule has 4 atom stereocenters. The molecule has 4 aromatic carbocycles. The van der Waals surface area contributed by atoms with Crippen LogP contribution in [0, 0.1) is 23.7 Å². The van der Waals surface area contributed by atoms with Crippen molar-refractivity contribution in [2.24, 2.45) is 23.7 Å². The molecule has 398 valence electrons. The summed E-state index contributed by atoms with van der Waals surface area (Å²) in [7, 11) is 0. The van der Waals surface area contributed by atoms with Gasteiger partial charge in [-0.25, -0.2) is 0 Å². The largest absolute Gasteiger partial charge is 0.507 e. The molecule has 4 N–H and O–H groups in total. The summed E-state index contributed by atoms with van der Waals surface area (Å²) in [5.74, 6) is 0.512. The first-order valence-electron chi connectivity index (χ1n) is 26.9. The Morgan fingerprint density at radius 3 is 1.14 bits per heavy atom. The first kappa shape index (κ1) is 56.6. The summed E-state index contributed by atoms with van der Waals surface area (Å²) < 4.78 is 45.6. The van der Waals surface area contributed by atoms with Crippen LogP contribution < -0.4 is 9.47 Å². The molecule has 14 nitrogen and oxygen atoms in total. The topological polar surface area (TPSA) is 189 Å². The lowest BCUT2D eigenvalue weighted by atomic mass is 9.72. The van der Waals surface area contributed by atoms with E-state index in [-0.39, 0.29) is 82.2 Å². The Kier molecular flexibility index (Phi) is 23.5. The Bertz CT molecular complexity index is 2170. The number of phenolic OH excluding ortho intramolecular Hbond substituents is 4. The second-order valence-corrected chi connectivity index (χ2v) is 19.7. The van der Waals surface area contributed by atoms with E-state index in [0.717, 1.165) is 88.2 Å². The summed E-state index contributed by atoms with van der Waals surface area (Å²) in [6, 6.07) is 10.3. The normalized spacial score (nSPS) is 17.7. The molecular weight excluding hydrogens is 921 g/mol. The summed E-state index contributed by atoms with van der Waals surface area (Å²) >= 11 is 0. The summed E-state index contributed by atoms with van der Waals surface area (Å²) in [6.07, 6.45) is 13.6. The molecule has 4 aromatic rings. The fourth-order valence-corrected chi connectivity index (χ4v) is 10.3. The average molecular weight is 1000 g/mol. The van der Waals surface area contributed by atoms with E-state index >= 15 is 0 Å². The smallest absolute Gasteiger partial charge is 0.170 e. The molecule has 0 aliphatic heterocycles. The number of carbonyl (C=O) groups excluding carboxylic acids is 2. The number of ketones is 2. The van der Waals surface area contributed by atoms with Crippen LogP contribution in [0.2, 0.25) is 0 Å². The number of rotatable bonds is 35. The Morgan fingerprint density at radius 1 is 0.431 bits per heavy atom. The number of benzene rings is 4. The lowest BCUT2D eigenvalue weighted by Gasteiger charge is -2.30. The van der Waals surface area contributed by atoms with Gasteiger partial charge >= 0.3 is 0 Å². The van der Waals surface area contributed by atoms with E-state index in [4.69, 9.17) is 37.9 Å². The quantitative estimate of drug-likeness (QED) is 0.0319. The predicted octanol–water partition coefficient (Wildman–Crippen LogP) is 11.1. The molecule has 14 heteroatoms. The summed E-state index contributed by atoms with van der Waals surface area (Å²) in [5.41, 5.74) is 2.35. The van der Waals surface area contributed by atoms with Crippen molar-refractivity contribution in [2.75, 3.05) is 92.5 Å². The maximum atomic E-state index is 13.5. The van der Waals surface area contributed by atoms with E-state index < -0.39 is 0 Å². The van der Waals surface area contributed by atoms with E-state index in [2.05, 4.69) is 27.7 Å².